The van der Waals surface area contributed by atoms with E-state index in [2.05, 4.69) is 15.3 Å². The molecule has 5 nitrogen and oxygen atoms in total. The van der Waals surface area contributed by atoms with Crippen LogP contribution in [0.3, 0.4) is 0 Å². The van der Waals surface area contributed by atoms with Crippen molar-refractivity contribution in [2.24, 2.45) is 5.92 Å². The van der Waals surface area contributed by atoms with Crippen molar-refractivity contribution in [3.63, 3.8) is 0 Å². The number of fused-ring (bicyclic) bond motifs is 1. The maximum absolute atomic E-state index is 13.7. The first kappa shape index (κ1) is 15.4. The maximum Gasteiger partial charge on any atom is 0.167 e. The molecule has 1 unspecified atom stereocenters. The molecule has 0 saturated heterocycles. The molecule has 2 N–H and O–H groups in total. The van der Waals surface area contributed by atoms with Crippen molar-refractivity contribution in [2.75, 3.05) is 19.0 Å². The predicted molar refractivity (Wildman–Crippen MR) is 80.0 cm³/mol. The second-order valence-electron chi connectivity index (χ2n) is 5.25. The monoisotopic (exact) mass is 293 g/mol. The van der Waals surface area contributed by atoms with E-state index in [1.165, 1.54) is 19.5 Å². The van der Waals surface area contributed by atoms with Crippen molar-refractivity contribution in [1.82, 2.24) is 9.97 Å². The lowest BCUT2D eigenvalue weighted by Gasteiger charge is -2.15. The molecule has 2 rings (SSSR count). The van der Waals surface area contributed by atoms with Crippen LogP contribution in [0, 0.1) is 11.7 Å². The highest BCUT2D eigenvalue weighted by Gasteiger charge is 2.11. The van der Waals surface area contributed by atoms with Crippen LogP contribution < -0.4 is 10.1 Å². The van der Waals surface area contributed by atoms with E-state index >= 15 is 0 Å². The molecule has 0 amide bonds. The Balaban J connectivity index is 2.19. The van der Waals surface area contributed by atoms with Crippen molar-refractivity contribution in [3.05, 3.63) is 24.3 Å². The number of rotatable bonds is 6. The average Bonchev–Trinajstić information content (AvgIpc) is 2.46. The molecule has 1 aromatic carbocycles. The lowest BCUT2D eigenvalue weighted by atomic mass is 10.0. The molecule has 1 aromatic heterocycles. The smallest absolute Gasteiger partial charge is 0.167 e. The highest BCUT2D eigenvalue weighted by Crippen LogP contribution is 2.27. The van der Waals surface area contributed by atoms with Gasteiger partial charge in [0.05, 0.1) is 18.7 Å². The Morgan fingerprint density at radius 1 is 1.33 bits per heavy atom. The number of nitrogens with zero attached hydrogens (tertiary/aromatic N) is 2. The van der Waals surface area contributed by atoms with Crippen molar-refractivity contribution < 1.29 is 14.2 Å². The third kappa shape index (κ3) is 3.58. The fourth-order valence-electron chi connectivity index (χ4n) is 2.03. The van der Waals surface area contributed by atoms with Crippen LogP contribution in [0.4, 0.5) is 10.2 Å². The molecule has 0 fully saturated rings. The Kier molecular flexibility index (Phi) is 4.90. The van der Waals surface area contributed by atoms with E-state index in [1.807, 2.05) is 13.8 Å². The zero-order valence-corrected chi connectivity index (χ0v) is 12.4. The van der Waals surface area contributed by atoms with Crippen LogP contribution in [0.2, 0.25) is 0 Å². The van der Waals surface area contributed by atoms with E-state index in [0.717, 1.165) is 0 Å². The second-order valence-corrected chi connectivity index (χ2v) is 5.25. The minimum atomic E-state index is -0.454. The first-order chi connectivity index (χ1) is 10.0. The van der Waals surface area contributed by atoms with Gasteiger partial charge in [-0.05, 0) is 18.4 Å². The second kappa shape index (κ2) is 6.67. The van der Waals surface area contributed by atoms with Crippen molar-refractivity contribution in [3.8, 4) is 5.75 Å². The fourth-order valence-corrected chi connectivity index (χ4v) is 2.03. The number of aromatic nitrogens is 2. The molecule has 0 radical (unpaired) electrons. The Hall–Kier alpha value is -1.95. The summed E-state index contributed by atoms with van der Waals surface area (Å²) in [5.41, 5.74) is 0.509. The standard InChI is InChI=1S/C15H20FN3O2/c1-9(2)13(20)4-5-17-15-10-6-14(21-3)11(16)7-12(10)18-8-19-15/h6-9,13,20H,4-5H2,1-3H3,(H,17,18,19). The number of nitrogens with one attached hydrogen (secondary N) is 1. The van der Waals surface area contributed by atoms with Gasteiger partial charge in [-0.1, -0.05) is 13.8 Å². The normalized spacial score (nSPS) is 12.7. The number of aliphatic hydroxyl groups is 1. The number of benzene rings is 1. The van der Waals surface area contributed by atoms with Crippen molar-refractivity contribution >= 4 is 16.7 Å². The summed E-state index contributed by atoms with van der Waals surface area (Å²) in [6.45, 7) is 4.52. The van der Waals surface area contributed by atoms with Gasteiger partial charge in [-0.25, -0.2) is 14.4 Å². The molecule has 21 heavy (non-hydrogen) atoms. The van der Waals surface area contributed by atoms with Gasteiger partial charge in [-0.15, -0.1) is 0 Å². The number of hydrogen-bond acceptors (Lipinski definition) is 5. The summed E-state index contributed by atoms with van der Waals surface area (Å²) in [7, 11) is 1.42. The molecule has 1 heterocycles. The molecule has 0 aliphatic rings. The summed E-state index contributed by atoms with van der Waals surface area (Å²) in [4.78, 5) is 8.23. The van der Waals surface area contributed by atoms with E-state index in [0.29, 0.717) is 29.7 Å². The molecular weight excluding hydrogens is 273 g/mol. The number of halogens is 1. The van der Waals surface area contributed by atoms with Crippen molar-refractivity contribution in [1.29, 1.82) is 0 Å². The van der Waals surface area contributed by atoms with E-state index in [1.54, 1.807) is 6.07 Å². The number of aliphatic hydroxyl groups excluding tert-OH is 1. The van der Waals surface area contributed by atoms with Crippen LogP contribution in [-0.2, 0) is 0 Å². The first-order valence-corrected chi connectivity index (χ1v) is 6.93. The van der Waals surface area contributed by atoms with Crippen LogP contribution in [-0.4, -0.2) is 34.8 Å². The van der Waals surface area contributed by atoms with Crippen LogP contribution in [0.15, 0.2) is 18.5 Å². The van der Waals surface area contributed by atoms with E-state index in [9.17, 15) is 9.50 Å². The first-order valence-electron chi connectivity index (χ1n) is 6.93. The largest absolute Gasteiger partial charge is 0.494 e. The zero-order valence-electron chi connectivity index (χ0n) is 12.4. The van der Waals surface area contributed by atoms with Gasteiger partial charge in [-0.2, -0.15) is 0 Å². The minimum Gasteiger partial charge on any atom is -0.494 e. The summed E-state index contributed by atoms with van der Waals surface area (Å²) < 4.78 is 18.6. The topological polar surface area (TPSA) is 67.3 Å². The van der Waals surface area contributed by atoms with Gasteiger partial charge in [0.2, 0.25) is 0 Å². The van der Waals surface area contributed by atoms with E-state index < -0.39 is 5.82 Å². The van der Waals surface area contributed by atoms with Crippen LogP contribution in [0.1, 0.15) is 20.3 Å². The Morgan fingerprint density at radius 2 is 2.10 bits per heavy atom. The summed E-state index contributed by atoms with van der Waals surface area (Å²) in [6.07, 6.45) is 1.63. The quantitative estimate of drug-likeness (QED) is 0.857. The van der Waals surface area contributed by atoms with Crippen LogP contribution >= 0.6 is 0 Å². The highest BCUT2D eigenvalue weighted by molar-refractivity contribution is 5.90. The van der Waals surface area contributed by atoms with Crippen molar-refractivity contribution in [2.45, 2.75) is 26.4 Å². The number of anilines is 1. The molecule has 0 aliphatic heterocycles. The van der Waals surface area contributed by atoms with Crippen LogP contribution in [0.5, 0.6) is 5.75 Å². The molecule has 2 aromatic rings. The lowest BCUT2D eigenvalue weighted by molar-refractivity contribution is 0.120. The summed E-state index contributed by atoms with van der Waals surface area (Å²) in [5, 5.41) is 13.6. The summed E-state index contributed by atoms with van der Waals surface area (Å²) >= 11 is 0. The SMILES string of the molecule is COc1cc2c(NCCC(O)C(C)C)ncnc2cc1F. The molecular formula is C15H20FN3O2. The zero-order chi connectivity index (χ0) is 15.4. The van der Waals surface area contributed by atoms with E-state index in [4.69, 9.17) is 4.74 Å². The fraction of sp³-hybridized carbons (Fsp3) is 0.467. The van der Waals surface area contributed by atoms with Gasteiger partial charge in [0.15, 0.2) is 11.6 Å². The van der Waals surface area contributed by atoms with Gasteiger partial charge < -0.3 is 15.2 Å². The molecule has 0 bridgehead atoms. The molecule has 0 spiro atoms. The maximum atomic E-state index is 13.7. The number of hydrogen-bond donors (Lipinski definition) is 2. The molecule has 6 heteroatoms. The average molecular weight is 293 g/mol. The minimum absolute atomic E-state index is 0.155. The summed E-state index contributed by atoms with van der Waals surface area (Å²) in [6, 6.07) is 2.90. The molecule has 114 valence electrons. The lowest BCUT2D eigenvalue weighted by Crippen LogP contribution is -2.19. The van der Waals surface area contributed by atoms with E-state index in [-0.39, 0.29) is 17.8 Å². The molecule has 0 aliphatic carbocycles. The number of ether oxygens (including phenoxy) is 1. The summed E-state index contributed by atoms with van der Waals surface area (Å²) in [5.74, 6) is 0.518. The third-order valence-corrected chi connectivity index (χ3v) is 3.41. The van der Waals surface area contributed by atoms with Gasteiger partial charge >= 0.3 is 0 Å². The predicted octanol–water partition coefficient (Wildman–Crippen LogP) is 2.60. The van der Waals surface area contributed by atoms with Gasteiger partial charge in [0.25, 0.3) is 0 Å². The Labute approximate surface area is 123 Å². The molecule has 1 atom stereocenters. The highest BCUT2D eigenvalue weighted by atomic mass is 19.1. The Bertz CT molecular complexity index is 619. The van der Waals surface area contributed by atoms with Gasteiger partial charge in [0.1, 0.15) is 12.1 Å². The van der Waals surface area contributed by atoms with Crippen LogP contribution in [0.25, 0.3) is 10.9 Å². The van der Waals surface area contributed by atoms with Gasteiger partial charge in [-0.3, -0.25) is 0 Å². The number of methoxy groups -OCH3 is 1. The Morgan fingerprint density at radius 3 is 2.76 bits per heavy atom. The molecule has 0 saturated carbocycles. The van der Waals surface area contributed by atoms with Gasteiger partial charge in [0, 0.05) is 18.0 Å². The third-order valence-electron chi connectivity index (χ3n) is 3.41.